The lowest BCUT2D eigenvalue weighted by Crippen LogP contribution is -2.53. The van der Waals surface area contributed by atoms with E-state index in [1.54, 1.807) is 4.68 Å². The molecule has 1 unspecified atom stereocenters. The molecule has 0 saturated carbocycles. The molecule has 0 aliphatic carbocycles. The number of benzene rings is 1. The highest BCUT2D eigenvalue weighted by Crippen LogP contribution is 2.17. The van der Waals surface area contributed by atoms with Gasteiger partial charge in [0.25, 0.3) is 0 Å². The molecule has 0 bridgehead atoms. The van der Waals surface area contributed by atoms with Gasteiger partial charge in [-0.1, -0.05) is 17.3 Å². The highest BCUT2D eigenvalue weighted by molar-refractivity contribution is 5.80. The van der Waals surface area contributed by atoms with E-state index in [0.717, 1.165) is 43.5 Å². The van der Waals surface area contributed by atoms with E-state index < -0.39 is 0 Å². The molecule has 1 aromatic heterocycles. The Labute approximate surface area is 165 Å². The van der Waals surface area contributed by atoms with Gasteiger partial charge in [0.05, 0.1) is 12.1 Å². The first-order valence-corrected chi connectivity index (χ1v) is 10.2. The van der Waals surface area contributed by atoms with Crippen molar-refractivity contribution in [2.75, 3.05) is 39.3 Å². The van der Waals surface area contributed by atoms with Crippen molar-refractivity contribution in [3.63, 3.8) is 0 Å². The summed E-state index contributed by atoms with van der Waals surface area (Å²) in [5.41, 5.74) is 1.67. The largest absolute Gasteiger partial charge is 0.339 e. The van der Waals surface area contributed by atoms with Crippen LogP contribution in [0.4, 0.5) is 0 Å². The first kappa shape index (κ1) is 18.9. The molecule has 8 heteroatoms. The van der Waals surface area contributed by atoms with E-state index >= 15 is 0 Å². The lowest BCUT2D eigenvalue weighted by Gasteiger charge is -2.38. The molecular formula is C20H28N6O2. The average Bonchev–Trinajstić information content (AvgIpc) is 3.12. The van der Waals surface area contributed by atoms with Crippen LogP contribution in [0.15, 0.2) is 24.3 Å². The number of para-hydroxylation sites is 1. The van der Waals surface area contributed by atoms with E-state index in [-0.39, 0.29) is 18.4 Å². The van der Waals surface area contributed by atoms with Gasteiger partial charge in [-0.3, -0.25) is 14.5 Å². The molecule has 2 fully saturated rings. The summed E-state index contributed by atoms with van der Waals surface area (Å²) in [4.78, 5) is 31.3. The number of piperidine rings is 1. The Bertz CT molecular complexity index is 842. The second kappa shape index (κ2) is 8.26. The van der Waals surface area contributed by atoms with Gasteiger partial charge in [-0.2, -0.15) is 0 Å². The van der Waals surface area contributed by atoms with Crippen molar-refractivity contribution >= 4 is 22.8 Å². The van der Waals surface area contributed by atoms with Crippen LogP contribution in [-0.4, -0.2) is 86.8 Å². The van der Waals surface area contributed by atoms with Crippen molar-refractivity contribution in [3.05, 3.63) is 24.3 Å². The summed E-state index contributed by atoms with van der Waals surface area (Å²) in [6.07, 6.45) is 3.42. The van der Waals surface area contributed by atoms with E-state index in [1.807, 2.05) is 34.1 Å². The van der Waals surface area contributed by atoms with Gasteiger partial charge in [0.1, 0.15) is 12.1 Å². The fourth-order valence-corrected chi connectivity index (χ4v) is 4.17. The first-order valence-electron chi connectivity index (χ1n) is 10.2. The number of aromatic nitrogens is 3. The second-order valence-corrected chi connectivity index (χ2v) is 7.82. The maximum atomic E-state index is 12.7. The van der Waals surface area contributed by atoms with Crippen molar-refractivity contribution in [2.45, 2.75) is 38.8 Å². The molecule has 2 saturated heterocycles. The summed E-state index contributed by atoms with van der Waals surface area (Å²) in [5, 5.41) is 8.21. The summed E-state index contributed by atoms with van der Waals surface area (Å²) >= 11 is 0. The number of likely N-dealkylation sites (tertiary alicyclic amines) is 1. The Morgan fingerprint density at radius 3 is 2.57 bits per heavy atom. The van der Waals surface area contributed by atoms with Crippen molar-refractivity contribution < 1.29 is 9.59 Å². The molecule has 2 aromatic rings. The summed E-state index contributed by atoms with van der Waals surface area (Å²) in [7, 11) is 0. The van der Waals surface area contributed by atoms with Crippen LogP contribution < -0.4 is 0 Å². The lowest BCUT2D eigenvalue weighted by atomic mass is 10.0. The van der Waals surface area contributed by atoms with Crippen LogP contribution in [0.5, 0.6) is 0 Å². The van der Waals surface area contributed by atoms with Crippen molar-refractivity contribution in [1.29, 1.82) is 0 Å². The second-order valence-electron chi connectivity index (χ2n) is 7.82. The number of hydrogen-bond donors (Lipinski definition) is 0. The lowest BCUT2D eigenvalue weighted by molar-refractivity contribution is -0.137. The zero-order valence-electron chi connectivity index (χ0n) is 16.5. The average molecular weight is 384 g/mol. The van der Waals surface area contributed by atoms with E-state index in [9.17, 15) is 9.59 Å². The molecule has 2 aliphatic heterocycles. The van der Waals surface area contributed by atoms with Crippen LogP contribution in [0.3, 0.4) is 0 Å². The van der Waals surface area contributed by atoms with Gasteiger partial charge >= 0.3 is 0 Å². The molecule has 1 aromatic carbocycles. The fraction of sp³-hybridized carbons (Fsp3) is 0.600. The minimum atomic E-state index is 0.0475. The van der Waals surface area contributed by atoms with Gasteiger partial charge in [-0.15, -0.1) is 5.10 Å². The highest BCUT2D eigenvalue weighted by Gasteiger charge is 2.27. The van der Waals surface area contributed by atoms with Crippen LogP contribution in [-0.2, 0) is 16.1 Å². The van der Waals surface area contributed by atoms with Gasteiger partial charge in [-0.25, -0.2) is 4.68 Å². The number of nitrogens with zero attached hydrogens (tertiary/aromatic N) is 6. The smallest absolute Gasteiger partial charge is 0.244 e. The third-order valence-electron chi connectivity index (χ3n) is 5.91. The normalized spacial score (nSPS) is 21.2. The monoisotopic (exact) mass is 384 g/mol. The Morgan fingerprint density at radius 1 is 1.00 bits per heavy atom. The zero-order valence-corrected chi connectivity index (χ0v) is 16.5. The van der Waals surface area contributed by atoms with Crippen molar-refractivity contribution in [1.82, 2.24) is 29.7 Å². The number of carbonyl (C=O) groups excluding carboxylic acids is 2. The van der Waals surface area contributed by atoms with Crippen molar-refractivity contribution in [2.24, 2.45) is 0 Å². The molecule has 0 spiro atoms. The molecule has 28 heavy (non-hydrogen) atoms. The summed E-state index contributed by atoms with van der Waals surface area (Å²) < 4.78 is 1.66. The highest BCUT2D eigenvalue weighted by atomic mass is 16.2. The third-order valence-corrected chi connectivity index (χ3v) is 5.91. The van der Waals surface area contributed by atoms with E-state index in [1.165, 1.54) is 6.42 Å². The summed E-state index contributed by atoms with van der Waals surface area (Å²) in [6.45, 7) is 6.44. The standard InChI is InChI=1S/C20H28N6O2/c1-16-6-4-5-9-25(16)20(28)14-23-10-12-24(13-11-23)19(27)15-26-18-8-3-2-7-17(18)21-22-26/h2-3,7-8,16H,4-6,9-15H2,1H3. The first-order chi connectivity index (χ1) is 13.6. The maximum absolute atomic E-state index is 12.7. The minimum absolute atomic E-state index is 0.0475. The van der Waals surface area contributed by atoms with Gasteiger partial charge in [0, 0.05) is 38.8 Å². The van der Waals surface area contributed by atoms with Crippen molar-refractivity contribution in [3.8, 4) is 0 Å². The Balaban J connectivity index is 1.28. The van der Waals surface area contributed by atoms with Crippen LogP contribution >= 0.6 is 0 Å². The molecule has 150 valence electrons. The quantitative estimate of drug-likeness (QED) is 0.786. The summed E-state index contributed by atoms with van der Waals surface area (Å²) in [5.74, 6) is 0.271. The van der Waals surface area contributed by atoms with E-state index in [0.29, 0.717) is 25.7 Å². The number of carbonyl (C=O) groups is 2. The van der Waals surface area contributed by atoms with E-state index in [4.69, 9.17) is 0 Å². The Kier molecular flexibility index (Phi) is 5.57. The number of fused-ring (bicyclic) bond motifs is 1. The van der Waals surface area contributed by atoms with Gasteiger partial charge in [0.2, 0.25) is 11.8 Å². The van der Waals surface area contributed by atoms with Gasteiger partial charge in [-0.05, 0) is 38.3 Å². The number of rotatable bonds is 4. The van der Waals surface area contributed by atoms with Gasteiger partial charge < -0.3 is 9.80 Å². The van der Waals surface area contributed by atoms with Crippen LogP contribution in [0.2, 0.25) is 0 Å². The molecule has 2 aliphatic rings. The number of hydrogen-bond acceptors (Lipinski definition) is 5. The minimum Gasteiger partial charge on any atom is -0.339 e. The van der Waals surface area contributed by atoms with Gasteiger partial charge in [0.15, 0.2) is 0 Å². The van der Waals surface area contributed by atoms with Crippen LogP contribution in [0.1, 0.15) is 26.2 Å². The molecule has 8 nitrogen and oxygen atoms in total. The Hall–Kier alpha value is -2.48. The fourth-order valence-electron chi connectivity index (χ4n) is 4.17. The third kappa shape index (κ3) is 4.01. The molecule has 1 atom stereocenters. The zero-order chi connectivity index (χ0) is 19.5. The Morgan fingerprint density at radius 2 is 1.79 bits per heavy atom. The molecule has 4 rings (SSSR count). The molecule has 0 N–H and O–H groups in total. The van der Waals surface area contributed by atoms with Crippen LogP contribution in [0, 0.1) is 0 Å². The molecular weight excluding hydrogens is 356 g/mol. The predicted octanol–water partition coefficient (Wildman–Crippen LogP) is 0.977. The topological polar surface area (TPSA) is 74.6 Å². The number of amides is 2. The predicted molar refractivity (Wildman–Crippen MR) is 106 cm³/mol. The molecule has 2 amide bonds. The number of piperazine rings is 1. The van der Waals surface area contributed by atoms with E-state index in [2.05, 4.69) is 22.1 Å². The molecule has 3 heterocycles. The summed E-state index contributed by atoms with van der Waals surface area (Å²) in [6, 6.07) is 8.00. The maximum Gasteiger partial charge on any atom is 0.244 e. The molecule has 0 radical (unpaired) electrons. The van der Waals surface area contributed by atoms with Crippen LogP contribution in [0.25, 0.3) is 11.0 Å². The SMILES string of the molecule is CC1CCCCN1C(=O)CN1CCN(C(=O)Cn2nnc3ccccc32)CC1.